The van der Waals surface area contributed by atoms with Crippen LogP contribution in [0.3, 0.4) is 0 Å². The molecule has 0 radical (unpaired) electrons. The zero-order chi connectivity index (χ0) is 18.1. The molecule has 1 heterocycles. The molecule has 0 bridgehead atoms. The van der Waals surface area contributed by atoms with E-state index in [1.807, 2.05) is 6.20 Å². The van der Waals surface area contributed by atoms with Crippen LogP contribution in [0.25, 0.3) is 0 Å². The summed E-state index contributed by atoms with van der Waals surface area (Å²) in [7, 11) is 1.80. The Morgan fingerprint density at radius 2 is 1.80 bits per heavy atom. The number of hydrogen-bond acceptors (Lipinski definition) is 4. The number of hydrogen-bond donors (Lipinski definition) is 2. The number of guanidine groups is 1. The molecular weight excluding hydrogens is 330 g/mol. The number of benzene rings is 1. The molecule has 0 aliphatic rings. The standard InChI is InChI=1S/C19H29N5S/c1-5-24(6-2)14-17-10-8-7-9-16(17)12-22-19(20-4)23-13-18-21-11-15(3)25-18/h7-11H,5-6,12-14H2,1-4H3,(H2,20,22,23). The van der Waals surface area contributed by atoms with Crippen molar-refractivity contribution in [1.29, 1.82) is 0 Å². The molecule has 25 heavy (non-hydrogen) atoms. The van der Waals surface area contributed by atoms with Gasteiger partial charge in [0.15, 0.2) is 5.96 Å². The highest BCUT2D eigenvalue weighted by atomic mass is 32.1. The summed E-state index contributed by atoms with van der Waals surface area (Å²) >= 11 is 1.71. The molecule has 1 aromatic carbocycles. The first-order valence-corrected chi connectivity index (χ1v) is 9.62. The van der Waals surface area contributed by atoms with Gasteiger partial charge in [0.05, 0.1) is 6.54 Å². The van der Waals surface area contributed by atoms with E-state index in [1.165, 1.54) is 16.0 Å². The highest BCUT2D eigenvalue weighted by Gasteiger charge is 2.07. The Balaban J connectivity index is 1.92. The summed E-state index contributed by atoms with van der Waals surface area (Å²) in [5, 5.41) is 7.81. The summed E-state index contributed by atoms with van der Waals surface area (Å²) in [6.45, 7) is 11.0. The maximum Gasteiger partial charge on any atom is 0.191 e. The largest absolute Gasteiger partial charge is 0.352 e. The Morgan fingerprint density at radius 3 is 2.40 bits per heavy atom. The summed E-state index contributed by atoms with van der Waals surface area (Å²) < 4.78 is 0. The maximum atomic E-state index is 4.37. The van der Waals surface area contributed by atoms with Crippen molar-refractivity contribution in [3.63, 3.8) is 0 Å². The molecule has 0 spiro atoms. The minimum absolute atomic E-state index is 0.694. The molecule has 2 N–H and O–H groups in total. The Hall–Kier alpha value is -1.92. The molecule has 0 saturated carbocycles. The zero-order valence-corrected chi connectivity index (χ0v) is 16.5. The lowest BCUT2D eigenvalue weighted by Gasteiger charge is -2.20. The van der Waals surface area contributed by atoms with Crippen molar-refractivity contribution in [3.8, 4) is 0 Å². The monoisotopic (exact) mass is 359 g/mol. The lowest BCUT2D eigenvalue weighted by atomic mass is 10.1. The molecule has 1 aromatic heterocycles. The normalized spacial score (nSPS) is 11.8. The number of aliphatic imine (C=N–C) groups is 1. The lowest BCUT2D eigenvalue weighted by molar-refractivity contribution is 0.295. The van der Waals surface area contributed by atoms with E-state index in [1.54, 1.807) is 18.4 Å². The van der Waals surface area contributed by atoms with Gasteiger partial charge in [-0.15, -0.1) is 11.3 Å². The van der Waals surface area contributed by atoms with Gasteiger partial charge in [-0.2, -0.15) is 0 Å². The first kappa shape index (κ1) is 19.4. The van der Waals surface area contributed by atoms with Crippen LogP contribution < -0.4 is 10.6 Å². The molecule has 136 valence electrons. The fourth-order valence-corrected chi connectivity index (χ4v) is 3.34. The number of nitrogens with zero attached hydrogens (tertiary/aromatic N) is 3. The third-order valence-corrected chi connectivity index (χ3v) is 5.07. The third-order valence-electron chi connectivity index (χ3n) is 4.15. The van der Waals surface area contributed by atoms with E-state index in [4.69, 9.17) is 0 Å². The number of aryl methyl sites for hydroxylation is 1. The Labute approximate surface area is 155 Å². The molecular formula is C19H29N5S. The minimum atomic E-state index is 0.694. The Kier molecular flexibility index (Phi) is 7.88. The fourth-order valence-electron chi connectivity index (χ4n) is 2.61. The van der Waals surface area contributed by atoms with Gasteiger partial charge in [0.1, 0.15) is 5.01 Å². The Bertz CT molecular complexity index is 676. The molecule has 0 unspecified atom stereocenters. The summed E-state index contributed by atoms with van der Waals surface area (Å²) in [6, 6.07) is 8.60. The summed E-state index contributed by atoms with van der Waals surface area (Å²) in [4.78, 5) is 12.3. The van der Waals surface area contributed by atoms with Crippen LogP contribution in [0.4, 0.5) is 0 Å². The smallest absolute Gasteiger partial charge is 0.191 e. The van der Waals surface area contributed by atoms with E-state index < -0.39 is 0 Å². The van der Waals surface area contributed by atoms with Crippen LogP contribution >= 0.6 is 11.3 Å². The average molecular weight is 360 g/mol. The number of rotatable bonds is 8. The summed E-state index contributed by atoms with van der Waals surface area (Å²) in [5.74, 6) is 0.797. The van der Waals surface area contributed by atoms with Gasteiger partial charge < -0.3 is 10.6 Å². The number of aromatic nitrogens is 1. The van der Waals surface area contributed by atoms with Crippen molar-refractivity contribution < 1.29 is 0 Å². The van der Waals surface area contributed by atoms with Crippen LogP contribution in [-0.2, 0) is 19.6 Å². The summed E-state index contributed by atoms with van der Waals surface area (Å²) in [5.41, 5.74) is 2.67. The summed E-state index contributed by atoms with van der Waals surface area (Å²) in [6.07, 6.45) is 1.90. The molecule has 6 heteroatoms. The predicted octanol–water partition coefficient (Wildman–Crippen LogP) is 3.16. The van der Waals surface area contributed by atoms with E-state index in [9.17, 15) is 0 Å². The average Bonchev–Trinajstić information content (AvgIpc) is 3.06. The quantitative estimate of drug-likeness (QED) is 0.561. The second-order valence-electron chi connectivity index (χ2n) is 5.87. The van der Waals surface area contributed by atoms with E-state index in [-0.39, 0.29) is 0 Å². The van der Waals surface area contributed by atoms with Crippen molar-refractivity contribution >= 4 is 17.3 Å². The van der Waals surface area contributed by atoms with E-state index in [2.05, 4.69) is 70.5 Å². The molecule has 0 fully saturated rings. The van der Waals surface area contributed by atoms with Gasteiger partial charge in [-0.05, 0) is 31.1 Å². The van der Waals surface area contributed by atoms with Crippen molar-refractivity contribution in [3.05, 3.63) is 51.5 Å². The molecule has 0 amide bonds. The van der Waals surface area contributed by atoms with Gasteiger partial charge >= 0.3 is 0 Å². The molecule has 2 rings (SSSR count). The van der Waals surface area contributed by atoms with Gasteiger partial charge in [-0.1, -0.05) is 38.1 Å². The second kappa shape index (κ2) is 10.2. The van der Waals surface area contributed by atoms with E-state index in [0.29, 0.717) is 6.54 Å². The maximum absolute atomic E-state index is 4.37. The molecule has 0 aliphatic carbocycles. The minimum Gasteiger partial charge on any atom is -0.352 e. The van der Waals surface area contributed by atoms with Crippen molar-refractivity contribution in [2.75, 3.05) is 20.1 Å². The SMILES string of the molecule is CCN(CC)Cc1ccccc1CNC(=NC)NCc1ncc(C)s1. The molecule has 0 atom stereocenters. The number of nitrogens with one attached hydrogen (secondary N) is 2. The highest BCUT2D eigenvalue weighted by molar-refractivity contribution is 7.11. The highest BCUT2D eigenvalue weighted by Crippen LogP contribution is 2.12. The van der Waals surface area contributed by atoms with E-state index >= 15 is 0 Å². The topological polar surface area (TPSA) is 52.5 Å². The zero-order valence-electron chi connectivity index (χ0n) is 15.7. The van der Waals surface area contributed by atoms with Crippen molar-refractivity contribution in [2.24, 2.45) is 4.99 Å². The molecule has 5 nitrogen and oxygen atoms in total. The first-order chi connectivity index (χ1) is 12.2. The molecule has 0 saturated heterocycles. The van der Waals surface area contributed by atoms with Crippen molar-refractivity contribution in [2.45, 2.75) is 40.4 Å². The second-order valence-corrected chi connectivity index (χ2v) is 7.19. The third kappa shape index (κ3) is 6.14. The Morgan fingerprint density at radius 1 is 1.12 bits per heavy atom. The molecule has 0 aliphatic heterocycles. The first-order valence-electron chi connectivity index (χ1n) is 8.81. The van der Waals surface area contributed by atoms with Crippen LogP contribution in [0, 0.1) is 6.92 Å². The van der Waals surface area contributed by atoms with Crippen LogP contribution in [0.2, 0.25) is 0 Å². The lowest BCUT2D eigenvalue weighted by Crippen LogP contribution is -2.36. The van der Waals surface area contributed by atoms with Gasteiger partial charge in [-0.3, -0.25) is 9.89 Å². The van der Waals surface area contributed by atoms with Gasteiger partial charge in [-0.25, -0.2) is 4.98 Å². The van der Waals surface area contributed by atoms with Crippen LogP contribution in [0.5, 0.6) is 0 Å². The van der Waals surface area contributed by atoms with Crippen LogP contribution in [0.1, 0.15) is 34.9 Å². The van der Waals surface area contributed by atoms with Gasteiger partial charge in [0, 0.05) is 31.2 Å². The number of thiazole rings is 1. The van der Waals surface area contributed by atoms with Crippen LogP contribution in [0.15, 0.2) is 35.5 Å². The predicted molar refractivity (Wildman–Crippen MR) is 107 cm³/mol. The van der Waals surface area contributed by atoms with Gasteiger partial charge in [0.2, 0.25) is 0 Å². The van der Waals surface area contributed by atoms with Gasteiger partial charge in [0.25, 0.3) is 0 Å². The van der Waals surface area contributed by atoms with E-state index in [0.717, 1.165) is 37.1 Å². The molecule has 2 aromatic rings. The fraction of sp³-hybridized carbons (Fsp3) is 0.474. The van der Waals surface area contributed by atoms with Crippen molar-refractivity contribution in [1.82, 2.24) is 20.5 Å². The van der Waals surface area contributed by atoms with Crippen LogP contribution in [-0.4, -0.2) is 36.0 Å².